The average molecular weight is 385 g/mol. The van der Waals surface area contributed by atoms with E-state index in [0.717, 1.165) is 48.6 Å². The number of nitrogens with zero attached hydrogens (tertiary/aromatic N) is 2. The summed E-state index contributed by atoms with van der Waals surface area (Å²) in [6, 6.07) is 17.7. The van der Waals surface area contributed by atoms with Crippen molar-refractivity contribution in [2.24, 2.45) is 0 Å². The first-order valence-corrected chi connectivity index (χ1v) is 10.0. The fourth-order valence-corrected chi connectivity index (χ4v) is 4.16. The molecule has 142 valence electrons. The first kappa shape index (κ1) is 18.5. The summed E-state index contributed by atoms with van der Waals surface area (Å²) < 4.78 is 6.02. The van der Waals surface area contributed by atoms with Gasteiger partial charge in [0.1, 0.15) is 6.04 Å². The Balaban J connectivity index is 1.59. The lowest BCUT2D eigenvalue weighted by atomic mass is 10.0. The van der Waals surface area contributed by atoms with Crippen LogP contribution in [0.2, 0.25) is 5.02 Å². The molecule has 1 amide bonds. The van der Waals surface area contributed by atoms with E-state index < -0.39 is 0 Å². The van der Waals surface area contributed by atoms with E-state index in [1.807, 2.05) is 47.4 Å². The van der Waals surface area contributed by atoms with E-state index in [1.54, 1.807) is 0 Å². The number of morpholine rings is 1. The zero-order valence-electron chi connectivity index (χ0n) is 15.4. The highest BCUT2D eigenvalue weighted by molar-refractivity contribution is 6.30. The number of amides is 1. The molecular formula is C22H25ClN2O2. The Morgan fingerprint density at radius 2 is 1.70 bits per heavy atom. The Morgan fingerprint density at radius 1 is 1.00 bits per heavy atom. The van der Waals surface area contributed by atoms with E-state index in [4.69, 9.17) is 16.3 Å². The minimum atomic E-state index is -0.247. The molecule has 2 aromatic carbocycles. The summed E-state index contributed by atoms with van der Waals surface area (Å²) in [5, 5.41) is 0.720. The molecule has 0 N–H and O–H groups in total. The fourth-order valence-electron chi connectivity index (χ4n) is 4.04. The van der Waals surface area contributed by atoms with E-state index >= 15 is 0 Å². The Labute approximate surface area is 165 Å². The van der Waals surface area contributed by atoms with Gasteiger partial charge in [0.2, 0.25) is 5.91 Å². The molecule has 5 heteroatoms. The van der Waals surface area contributed by atoms with E-state index in [1.165, 1.54) is 0 Å². The molecule has 0 spiro atoms. The second-order valence-electron chi connectivity index (χ2n) is 7.25. The van der Waals surface area contributed by atoms with Crippen LogP contribution in [-0.2, 0) is 9.53 Å². The number of halogens is 1. The van der Waals surface area contributed by atoms with Crippen molar-refractivity contribution in [3.8, 4) is 0 Å². The van der Waals surface area contributed by atoms with Crippen molar-refractivity contribution < 1.29 is 9.53 Å². The van der Waals surface area contributed by atoms with Gasteiger partial charge in [-0.2, -0.15) is 0 Å². The first-order valence-electron chi connectivity index (χ1n) is 9.67. The van der Waals surface area contributed by atoms with Crippen LogP contribution in [0.1, 0.15) is 36.1 Å². The van der Waals surface area contributed by atoms with E-state index in [9.17, 15) is 4.79 Å². The highest BCUT2D eigenvalue weighted by Crippen LogP contribution is 2.31. The predicted octanol–water partition coefficient (Wildman–Crippen LogP) is 4.08. The molecule has 0 saturated carbocycles. The number of likely N-dealkylation sites (tertiary alicyclic amines) is 1. The Hall–Kier alpha value is -1.88. The Bertz CT molecular complexity index is 760. The molecule has 2 unspecified atom stereocenters. The molecular weight excluding hydrogens is 360 g/mol. The van der Waals surface area contributed by atoms with Crippen LogP contribution in [0.25, 0.3) is 0 Å². The number of rotatable bonds is 4. The molecule has 27 heavy (non-hydrogen) atoms. The number of hydrogen-bond donors (Lipinski definition) is 0. The summed E-state index contributed by atoms with van der Waals surface area (Å²) in [5.74, 6) is 0.218. The van der Waals surface area contributed by atoms with Crippen molar-refractivity contribution in [2.45, 2.75) is 25.0 Å². The van der Waals surface area contributed by atoms with Crippen LogP contribution in [0.5, 0.6) is 0 Å². The van der Waals surface area contributed by atoms with Crippen LogP contribution in [-0.4, -0.2) is 48.5 Å². The highest BCUT2D eigenvalue weighted by Gasteiger charge is 2.35. The van der Waals surface area contributed by atoms with Gasteiger partial charge in [0, 0.05) is 31.2 Å². The van der Waals surface area contributed by atoms with Gasteiger partial charge in [0.15, 0.2) is 0 Å². The molecule has 2 aliphatic heterocycles. The van der Waals surface area contributed by atoms with E-state index in [2.05, 4.69) is 17.0 Å². The van der Waals surface area contributed by atoms with Gasteiger partial charge in [-0.05, 0) is 36.1 Å². The molecule has 4 nitrogen and oxygen atoms in total. The summed E-state index contributed by atoms with van der Waals surface area (Å²) >= 11 is 6.02. The number of benzene rings is 2. The minimum absolute atomic E-state index is 0.0476. The van der Waals surface area contributed by atoms with Gasteiger partial charge < -0.3 is 9.64 Å². The molecule has 0 aliphatic carbocycles. The molecule has 0 bridgehead atoms. The summed E-state index contributed by atoms with van der Waals surface area (Å²) in [6.45, 7) is 3.80. The standard InChI is InChI=1S/C22H25ClN2O2/c23-19-10-8-17(9-11-19)20-16-25(14-15-27-20)21(18-6-2-1-3-7-18)22(26)24-12-4-5-13-24/h1-3,6-11,20-21H,4-5,12-16H2. The molecule has 2 aliphatic rings. The first-order chi connectivity index (χ1) is 13.2. The minimum Gasteiger partial charge on any atom is -0.371 e. The van der Waals surface area contributed by atoms with Gasteiger partial charge in [-0.3, -0.25) is 9.69 Å². The van der Waals surface area contributed by atoms with Gasteiger partial charge in [-0.25, -0.2) is 0 Å². The van der Waals surface area contributed by atoms with Gasteiger partial charge in [0.25, 0.3) is 0 Å². The largest absolute Gasteiger partial charge is 0.371 e. The lowest BCUT2D eigenvalue weighted by Gasteiger charge is -2.39. The number of carbonyl (C=O) groups is 1. The normalized spacial score (nSPS) is 22.0. The Kier molecular flexibility index (Phi) is 5.77. The van der Waals surface area contributed by atoms with Crippen molar-refractivity contribution in [1.29, 1.82) is 0 Å². The summed E-state index contributed by atoms with van der Waals surface area (Å²) in [6.07, 6.45) is 2.15. The van der Waals surface area contributed by atoms with Crippen LogP contribution < -0.4 is 0 Å². The van der Waals surface area contributed by atoms with Crippen molar-refractivity contribution in [2.75, 3.05) is 32.8 Å². The third-order valence-corrected chi connectivity index (χ3v) is 5.72. The number of ether oxygens (including phenoxy) is 1. The van der Waals surface area contributed by atoms with Crippen molar-refractivity contribution >= 4 is 17.5 Å². The van der Waals surface area contributed by atoms with Gasteiger partial charge in [0.05, 0.1) is 12.7 Å². The maximum atomic E-state index is 13.4. The lowest BCUT2D eigenvalue weighted by Crippen LogP contribution is -2.47. The molecule has 0 aromatic heterocycles. The zero-order valence-corrected chi connectivity index (χ0v) is 16.1. The fraction of sp³-hybridized carbons (Fsp3) is 0.409. The Morgan fingerprint density at radius 3 is 2.41 bits per heavy atom. The third-order valence-electron chi connectivity index (χ3n) is 5.47. The summed E-state index contributed by atoms with van der Waals surface area (Å²) in [5.41, 5.74) is 2.16. The van der Waals surface area contributed by atoms with Crippen molar-refractivity contribution in [1.82, 2.24) is 9.80 Å². The monoisotopic (exact) mass is 384 g/mol. The van der Waals surface area contributed by atoms with Crippen LogP contribution in [0, 0.1) is 0 Å². The quantitative estimate of drug-likeness (QED) is 0.796. The number of hydrogen-bond acceptors (Lipinski definition) is 3. The maximum Gasteiger partial charge on any atom is 0.244 e. The van der Waals surface area contributed by atoms with Gasteiger partial charge in [-0.1, -0.05) is 54.1 Å². The SMILES string of the molecule is O=C(C(c1ccccc1)N1CCOC(c2ccc(Cl)cc2)C1)N1CCCC1. The second kappa shape index (κ2) is 8.42. The summed E-state index contributed by atoms with van der Waals surface area (Å²) in [7, 11) is 0. The third kappa shape index (κ3) is 4.18. The smallest absolute Gasteiger partial charge is 0.244 e. The predicted molar refractivity (Wildman–Crippen MR) is 107 cm³/mol. The molecule has 2 heterocycles. The highest BCUT2D eigenvalue weighted by atomic mass is 35.5. The molecule has 2 atom stereocenters. The average Bonchev–Trinajstić information content (AvgIpc) is 3.25. The van der Waals surface area contributed by atoms with E-state index in [-0.39, 0.29) is 18.1 Å². The van der Waals surface area contributed by atoms with Gasteiger partial charge >= 0.3 is 0 Å². The van der Waals surface area contributed by atoms with Crippen LogP contribution >= 0.6 is 11.6 Å². The molecule has 2 saturated heterocycles. The maximum absolute atomic E-state index is 13.4. The molecule has 0 radical (unpaired) electrons. The van der Waals surface area contributed by atoms with Crippen LogP contribution in [0.3, 0.4) is 0 Å². The van der Waals surface area contributed by atoms with E-state index in [0.29, 0.717) is 13.2 Å². The van der Waals surface area contributed by atoms with Crippen LogP contribution in [0.4, 0.5) is 0 Å². The summed E-state index contributed by atoms with van der Waals surface area (Å²) in [4.78, 5) is 17.7. The topological polar surface area (TPSA) is 32.8 Å². The van der Waals surface area contributed by atoms with Crippen LogP contribution in [0.15, 0.2) is 54.6 Å². The number of carbonyl (C=O) groups excluding carboxylic acids is 1. The lowest BCUT2D eigenvalue weighted by molar-refractivity contribution is -0.140. The van der Waals surface area contributed by atoms with Crippen molar-refractivity contribution in [3.63, 3.8) is 0 Å². The van der Waals surface area contributed by atoms with Gasteiger partial charge in [-0.15, -0.1) is 0 Å². The molecule has 4 rings (SSSR count). The zero-order chi connectivity index (χ0) is 18.6. The molecule has 2 fully saturated rings. The second-order valence-corrected chi connectivity index (χ2v) is 7.69. The molecule has 2 aromatic rings. The van der Waals surface area contributed by atoms with Crippen molar-refractivity contribution in [3.05, 3.63) is 70.7 Å².